The van der Waals surface area contributed by atoms with Gasteiger partial charge in [0.05, 0.1) is 5.69 Å². The van der Waals surface area contributed by atoms with Gasteiger partial charge in [-0.2, -0.15) is 0 Å². The minimum atomic E-state index is -0.500. The Kier molecular flexibility index (Phi) is 3.88. The smallest absolute Gasteiger partial charge is 0.414 e. The monoisotopic (exact) mass is 309 g/mol. The summed E-state index contributed by atoms with van der Waals surface area (Å²) in [6.07, 6.45) is 0.542. The predicted molar refractivity (Wildman–Crippen MR) is 93.9 cm³/mol. The highest BCUT2D eigenvalue weighted by molar-refractivity contribution is 5.95. The van der Waals surface area contributed by atoms with Crippen molar-refractivity contribution in [2.24, 2.45) is 0 Å². The second-order valence-corrected chi connectivity index (χ2v) is 7.06. The molecular formula is C20H23NO2. The maximum absolute atomic E-state index is 12.7. The number of carbonyl (C=O) groups is 1. The summed E-state index contributed by atoms with van der Waals surface area (Å²) in [6.45, 7) is 8.37. The van der Waals surface area contributed by atoms with Crippen molar-refractivity contribution in [2.45, 2.75) is 39.7 Å². The molecule has 0 N–H and O–H groups in total. The van der Waals surface area contributed by atoms with Crippen LogP contribution in [0.2, 0.25) is 0 Å². The largest absolute Gasteiger partial charge is 0.443 e. The number of nitrogens with zero attached hydrogens (tertiary/aromatic N) is 1. The number of ether oxygens (including phenoxy) is 1. The molecule has 23 heavy (non-hydrogen) atoms. The van der Waals surface area contributed by atoms with Crippen molar-refractivity contribution >= 4 is 11.8 Å². The summed E-state index contributed by atoms with van der Waals surface area (Å²) in [7, 11) is 0. The van der Waals surface area contributed by atoms with Gasteiger partial charge in [-0.25, -0.2) is 4.79 Å². The average molecular weight is 309 g/mol. The molecule has 0 aliphatic carbocycles. The van der Waals surface area contributed by atoms with Gasteiger partial charge in [-0.1, -0.05) is 36.4 Å². The fourth-order valence-corrected chi connectivity index (χ4v) is 2.95. The molecule has 2 aromatic carbocycles. The lowest BCUT2D eigenvalue weighted by molar-refractivity contribution is 0.0581. The molecule has 3 rings (SSSR count). The van der Waals surface area contributed by atoms with Crippen molar-refractivity contribution < 1.29 is 9.53 Å². The predicted octanol–water partition coefficient (Wildman–Crippen LogP) is 4.96. The number of anilines is 1. The van der Waals surface area contributed by atoms with Crippen LogP contribution >= 0.6 is 0 Å². The SMILES string of the molecule is Cc1ccc2c(c1)N(C(=O)OC(C)(C)C)CCc1ccccc1-2. The number of hydrogen-bond donors (Lipinski definition) is 0. The van der Waals surface area contributed by atoms with Crippen molar-refractivity contribution in [1.82, 2.24) is 0 Å². The van der Waals surface area contributed by atoms with Crippen molar-refractivity contribution in [3.05, 3.63) is 53.6 Å². The van der Waals surface area contributed by atoms with E-state index in [-0.39, 0.29) is 6.09 Å². The molecule has 0 atom stereocenters. The fourth-order valence-electron chi connectivity index (χ4n) is 2.95. The first-order valence-electron chi connectivity index (χ1n) is 8.04. The van der Waals surface area contributed by atoms with Gasteiger partial charge in [0.25, 0.3) is 0 Å². The van der Waals surface area contributed by atoms with Crippen molar-refractivity contribution in [2.75, 3.05) is 11.4 Å². The van der Waals surface area contributed by atoms with E-state index in [2.05, 4.69) is 36.4 Å². The first-order chi connectivity index (χ1) is 10.8. The second-order valence-electron chi connectivity index (χ2n) is 7.06. The molecule has 0 unspecified atom stereocenters. The summed E-state index contributed by atoms with van der Waals surface area (Å²) >= 11 is 0. The first kappa shape index (κ1) is 15.6. The Balaban J connectivity index is 2.09. The van der Waals surface area contributed by atoms with E-state index >= 15 is 0 Å². The zero-order valence-electron chi connectivity index (χ0n) is 14.2. The van der Waals surface area contributed by atoms with Crippen LogP contribution in [0.3, 0.4) is 0 Å². The van der Waals surface area contributed by atoms with E-state index in [4.69, 9.17) is 4.74 Å². The molecule has 1 heterocycles. The van der Waals surface area contributed by atoms with E-state index in [9.17, 15) is 4.79 Å². The van der Waals surface area contributed by atoms with Crippen LogP contribution in [0, 0.1) is 6.92 Å². The quantitative estimate of drug-likeness (QED) is 0.688. The van der Waals surface area contributed by atoms with Gasteiger partial charge < -0.3 is 4.74 Å². The summed E-state index contributed by atoms with van der Waals surface area (Å²) in [4.78, 5) is 14.5. The summed E-state index contributed by atoms with van der Waals surface area (Å²) in [5, 5.41) is 0. The highest BCUT2D eigenvalue weighted by atomic mass is 16.6. The van der Waals surface area contributed by atoms with Gasteiger partial charge in [0.15, 0.2) is 0 Å². The number of carbonyl (C=O) groups excluding carboxylic acids is 1. The van der Waals surface area contributed by atoms with Crippen LogP contribution in [0.25, 0.3) is 11.1 Å². The van der Waals surface area contributed by atoms with E-state index in [1.54, 1.807) is 4.90 Å². The summed E-state index contributed by atoms with van der Waals surface area (Å²) in [5.41, 5.74) is 5.13. The standard InChI is InChI=1S/C20H23NO2/c1-14-9-10-17-16-8-6-5-7-15(16)11-12-21(18(17)13-14)19(22)23-20(2,3)4/h5-10,13H,11-12H2,1-4H3. The van der Waals surface area contributed by atoms with Crippen molar-refractivity contribution in [1.29, 1.82) is 0 Å². The van der Waals surface area contributed by atoms with Crippen LogP contribution in [0.4, 0.5) is 10.5 Å². The highest BCUT2D eigenvalue weighted by Crippen LogP contribution is 2.37. The Morgan fingerprint density at radius 2 is 1.83 bits per heavy atom. The third-order valence-electron chi connectivity index (χ3n) is 3.97. The Labute approximate surface area is 137 Å². The number of benzene rings is 2. The number of fused-ring (bicyclic) bond motifs is 3. The molecule has 1 aliphatic rings. The number of amides is 1. The molecule has 0 fully saturated rings. The Bertz CT molecular complexity index is 744. The maximum atomic E-state index is 12.7. The molecule has 0 radical (unpaired) electrons. The molecule has 1 amide bonds. The van der Waals surface area contributed by atoms with Crippen LogP contribution in [-0.4, -0.2) is 18.2 Å². The lowest BCUT2D eigenvalue weighted by Gasteiger charge is -2.27. The number of hydrogen-bond acceptors (Lipinski definition) is 2. The summed E-state index contributed by atoms with van der Waals surface area (Å²) in [5.74, 6) is 0. The zero-order chi connectivity index (χ0) is 16.6. The number of aryl methyl sites for hydroxylation is 1. The molecule has 0 saturated heterocycles. The van der Waals surface area contributed by atoms with Gasteiger partial charge in [0.2, 0.25) is 0 Å². The lowest BCUT2D eigenvalue weighted by Crippen LogP contribution is -2.37. The van der Waals surface area contributed by atoms with Crippen LogP contribution < -0.4 is 4.90 Å². The molecule has 3 nitrogen and oxygen atoms in total. The summed E-state index contributed by atoms with van der Waals surface area (Å²) in [6, 6.07) is 14.6. The Morgan fingerprint density at radius 3 is 2.57 bits per heavy atom. The average Bonchev–Trinajstić information content (AvgIpc) is 2.62. The van der Waals surface area contributed by atoms with Crippen LogP contribution in [0.1, 0.15) is 31.9 Å². The Hall–Kier alpha value is -2.29. The van der Waals surface area contributed by atoms with E-state index < -0.39 is 5.60 Å². The summed E-state index contributed by atoms with van der Waals surface area (Å²) < 4.78 is 5.62. The van der Waals surface area contributed by atoms with Crippen LogP contribution in [0.5, 0.6) is 0 Å². The van der Waals surface area contributed by atoms with Gasteiger partial charge >= 0.3 is 6.09 Å². The maximum Gasteiger partial charge on any atom is 0.414 e. The topological polar surface area (TPSA) is 29.5 Å². The third kappa shape index (κ3) is 3.24. The molecule has 3 heteroatoms. The molecule has 120 valence electrons. The van der Waals surface area contributed by atoms with Crippen LogP contribution in [-0.2, 0) is 11.2 Å². The Morgan fingerprint density at radius 1 is 1.09 bits per heavy atom. The van der Waals surface area contributed by atoms with Crippen molar-refractivity contribution in [3.8, 4) is 11.1 Å². The molecule has 0 bridgehead atoms. The number of rotatable bonds is 0. The van der Waals surface area contributed by atoms with E-state index in [1.165, 1.54) is 11.1 Å². The van der Waals surface area contributed by atoms with Crippen molar-refractivity contribution in [3.63, 3.8) is 0 Å². The minimum Gasteiger partial charge on any atom is -0.443 e. The van der Waals surface area contributed by atoms with Gasteiger partial charge in [0, 0.05) is 12.1 Å². The zero-order valence-corrected chi connectivity index (χ0v) is 14.2. The van der Waals surface area contributed by atoms with Gasteiger partial charge in [0.1, 0.15) is 5.60 Å². The normalized spacial score (nSPS) is 13.8. The molecular weight excluding hydrogens is 286 g/mol. The molecule has 1 aliphatic heterocycles. The third-order valence-corrected chi connectivity index (χ3v) is 3.97. The molecule has 0 saturated carbocycles. The molecule has 2 aromatic rings. The lowest BCUT2D eigenvalue weighted by atomic mass is 9.97. The molecule has 0 spiro atoms. The van der Waals surface area contributed by atoms with E-state index in [0.717, 1.165) is 23.2 Å². The van der Waals surface area contributed by atoms with Gasteiger partial charge in [-0.05, 0) is 56.9 Å². The van der Waals surface area contributed by atoms with Gasteiger partial charge in [-0.15, -0.1) is 0 Å². The molecule has 0 aromatic heterocycles. The second kappa shape index (κ2) is 5.73. The van der Waals surface area contributed by atoms with Gasteiger partial charge in [-0.3, -0.25) is 4.90 Å². The minimum absolute atomic E-state index is 0.280. The van der Waals surface area contributed by atoms with E-state index in [1.807, 2.05) is 33.8 Å². The first-order valence-corrected chi connectivity index (χ1v) is 8.04. The fraction of sp³-hybridized carbons (Fsp3) is 0.350. The van der Waals surface area contributed by atoms with E-state index in [0.29, 0.717) is 6.54 Å². The highest BCUT2D eigenvalue weighted by Gasteiger charge is 2.28. The van der Waals surface area contributed by atoms with Crippen LogP contribution in [0.15, 0.2) is 42.5 Å².